The monoisotopic (exact) mass is 322 g/mol. The number of nitrogen functional groups attached to an aromatic ring is 1. The molecule has 0 aliphatic carbocycles. The maximum absolute atomic E-state index is 12.5. The largest absolute Gasteiger partial charge is 0.381 e. The van der Waals surface area contributed by atoms with Crippen LogP contribution in [0.3, 0.4) is 0 Å². The molecule has 0 amide bonds. The normalized spacial score (nSPS) is 12.0. The number of aromatic nitrogens is 2. The third-order valence-corrected chi connectivity index (χ3v) is 5.44. The highest BCUT2D eigenvalue weighted by Gasteiger charge is 2.23. The average Bonchev–Trinajstić information content (AvgIpc) is 2.99. The third-order valence-electron chi connectivity index (χ3n) is 3.00. The van der Waals surface area contributed by atoms with E-state index in [9.17, 15) is 8.42 Å². The molecule has 0 bridgehead atoms. The van der Waals surface area contributed by atoms with Crippen LogP contribution < -0.4 is 10.5 Å². The van der Waals surface area contributed by atoms with E-state index in [1.54, 1.807) is 35.7 Å². The molecule has 3 aromatic heterocycles. The molecule has 0 spiro atoms. The van der Waals surface area contributed by atoms with E-state index in [4.69, 9.17) is 5.73 Å². The van der Waals surface area contributed by atoms with Gasteiger partial charge in [-0.25, -0.2) is 18.1 Å². The number of imidazole rings is 1. The lowest BCUT2D eigenvalue weighted by molar-refractivity contribution is 0.577. The molecule has 0 atom stereocenters. The number of hydrogen-bond donors (Lipinski definition) is 2. The molecule has 0 saturated carbocycles. The van der Waals surface area contributed by atoms with Crippen LogP contribution in [0.25, 0.3) is 5.65 Å². The van der Waals surface area contributed by atoms with Crippen molar-refractivity contribution in [1.82, 2.24) is 14.1 Å². The summed E-state index contributed by atoms with van der Waals surface area (Å²) in [4.78, 5) is 6.15. The topological polar surface area (TPSA) is 89.5 Å². The zero-order valence-corrected chi connectivity index (χ0v) is 12.9. The maximum atomic E-state index is 12.5. The van der Waals surface area contributed by atoms with E-state index in [1.807, 2.05) is 19.1 Å². The first kappa shape index (κ1) is 14.1. The highest BCUT2D eigenvalue weighted by molar-refractivity contribution is 7.89. The molecule has 6 nitrogen and oxygen atoms in total. The third kappa shape index (κ3) is 2.65. The molecule has 0 aliphatic rings. The van der Waals surface area contributed by atoms with Gasteiger partial charge in [0.25, 0.3) is 10.0 Å². The summed E-state index contributed by atoms with van der Waals surface area (Å²) in [5.41, 5.74) is 6.27. The zero-order chi connectivity index (χ0) is 15.0. The van der Waals surface area contributed by atoms with E-state index in [-0.39, 0.29) is 17.4 Å². The van der Waals surface area contributed by atoms with Crippen LogP contribution in [0.4, 0.5) is 5.82 Å². The highest BCUT2D eigenvalue weighted by Crippen LogP contribution is 2.21. The molecular formula is C13H14N4O2S2. The van der Waals surface area contributed by atoms with Crippen molar-refractivity contribution in [3.8, 4) is 0 Å². The van der Waals surface area contributed by atoms with Gasteiger partial charge in [0, 0.05) is 22.5 Å². The molecule has 3 heterocycles. The van der Waals surface area contributed by atoms with E-state index < -0.39 is 10.0 Å². The number of rotatable bonds is 4. The van der Waals surface area contributed by atoms with Gasteiger partial charge >= 0.3 is 0 Å². The summed E-state index contributed by atoms with van der Waals surface area (Å²) < 4.78 is 29.0. The molecule has 0 aliphatic heterocycles. The molecule has 0 radical (unpaired) electrons. The second-order valence-corrected chi connectivity index (χ2v) is 7.62. The maximum Gasteiger partial charge on any atom is 0.260 e. The summed E-state index contributed by atoms with van der Waals surface area (Å²) in [5.74, 6) is -0.00365. The second kappa shape index (κ2) is 5.14. The number of fused-ring (bicyclic) bond motifs is 1. The number of anilines is 1. The minimum absolute atomic E-state index is 0.00365. The van der Waals surface area contributed by atoms with Gasteiger partial charge in [-0.3, -0.25) is 4.40 Å². The summed E-state index contributed by atoms with van der Waals surface area (Å²) in [5, 5.41) is -0.0219. The van der Waals surface area contributed by atoms with Gasteiger partial charge < -0.3 is 5.73 Å². The Balaban J connectivity index is 1.95. The first-order chi connectivity index (χ1) is 9.97. The zero-order valence-electron chi connectivity index (χ0n) is 11.3. The number of nitrogens with one attached hydrogen (secondary N) is 1. The lowest BCUT2D eigenvalue weighted by atomic mass is 10.4. The molecule has 3 rings (SSSR count). The average molecular weight is 322 g/mol. The Labute approximate surface area is 126 Å². The Hall–Kier alpha value is -1.90. The van der Waals surface area contributed by atoms with Gasteiger partial charge in [-0.05, 0) is 31.2 Å². The first-order valence-electron chi connectivity index (χ1n) is 6.25. The number of pyridine rings is 1. The first-order valence-corrected chi connectivity index (χ1v) is 8.55. The molecule has 3 N–H and O–H groups in total. The Morgan fingerprint density at radius 2 is 2.14 bits per heavy atom. The molecule has 0 saturated heterocycles. The predicted octanol–water partition coefficient (Wildman–Crippen LogP) is 1.76. The quantitative estimate of drug-likeness (QED) is 0.766. The van der Waals surface area contributed by atoms with Crippen LogP contribution >= 0.6 is 11.3 Å². The van der Waals surface area contributed by atoms with Gasteiger partial charge in [-0.1, -0.05) is 6.07 Å². The van der Waals surface area contributed by atoms with Crippen molar-refractivity contribution >= 4 is 32.8 Å². The highest BCUT2D eigenvalue weighted by atomic mass is 32.2. The van der Waals surface area contributed by atoms with Crippen LogP contribution in [0, 0.1) is 6.92 Å². The number of aryl methyl sites for hydroxylation is 1. The lowest BCUT2D eigenvalue weighted by Gasteiger charge is -2.06. The van der Waals surface area contributed by atoms with Gasteiger partial charge in [-0.2, -0.15) is 0 Å². The SMILES string of the molecule is Cc1ccc(CNS(=O)(=O)c2c(N)nc3ccccn23)s1. The number of hydrogen-bond acceptors (Lipinski definition) is 5. The fourth-order valence-corrected chi connectivity index (χ4v) is 4.21. The Kier molecular flexibility index (Phi) is 3.44. The molecule has 3 aromatic rings. The van der Waals surface area contributed by atoms with Crippen molar-refractivity contribution in [2.24, 2.45) is 0 Å². The molecule has 8 heteroatoms. The Bertz CT molecular complexity index is 896. The van der Waals surface area contributed by atoms with Crippen LogP contribution in [0.5, 0.6) is 0 Å². The summed E-state index contributed by atoms with van der Waals surface area (Å²) in [7, 11) is -3.73. The second-order valence-electron chi connectivity index (χ2n) is 4.57. The molecule has 0 fully saturated rings. The van der Waals surface area contributed by atoms with Crippen LogP contribution in [0.1, 0.15) is 9.75 Å². The number of nitrogens with two attached hydrogens (primary N) is 1. The van der Waals surface area contributed by atoms with Crippen molar-refractivity contribution in [1.29, 1.82) is 0 Å². The van der Waals surface area contributed by atoms with Crippen molar-refractivity contribution in [2.45, 2.75) is 18.5 Å². The standard InChI is InChI=1S/C13H14N4O2S2/c1-9-5-6-10(20-9)8-15-21(18,19)13-12(14)16-11-4-2-3-7-17(11)13/h2-7,15H,8,14H2,1H3. The van der Waals surface area contributed by atoms with E-state index in [0.29, 0.717) is 5.65 Å². The molecule has 0 unspecified atom stereocenters. The van der Waals surface area contributed by atoms with Crippen LogP contribution in [0.2, 0.25) is 0 Å². The van der Waals surface area contributed by atoms with Crippen molar-refractivity contribution in [3.63, 3.8) is 0 Å². The molecule has 110 valence electrons. The van der Waals surface area contributed by atoms with Crippen molar-refractivity contribution in [3.05, 3.63) is 46.3 Å². The summed E-state index contributed by atoms with van der Waals surface area (Å²) in [6.45, 7) is 2.21. The summed E-state index contributed by atoms with van der Waals surface area (Å²) in [6, 6.07) is 9.07. The fourth-order valence-electron chi connectivity index (χ4n) is 2.07. The van der Waals surface area contributed by atoms with Gasteiger partial charge in [0.05, 0.1) is 0 Å². The Morgan fingerprint density at radius 1 is 1.33 bits per heavy atom. The van der Waals surface area contributed by atoms with Gasteiger partial charge in [0.2, 0.25) is 0 Å². The van der Waals surface area contributed by atoms with E-state index in [1.165, 1.54) is 4.40 Å². The number of nitrogens with zero attached hydrogens (tertiary/aromatic N) is 2. The van der Waals surface area contributed by atoms with E-state index in [2.05, 4.69) is 9.71 Å². The summed E-state index contributed by atoms with van der Waals surface area (Å²) in [6.07, 6.45) is 1.63. The van der Waals surface area contributed by atoms with E-state index in [0.717, 1.165) is 9.75 Å². The van der Waals surface area contributed by atoms with Gasteiger partial charge in [-0.15, -0.1) is 11.3 Å². The molecule has 0 aromatic carbocycles. The van der Waals surface area contributed by atoms with E-state index >= 15 is 0 Å². The van der Waals surface area contributed by atoms with Crippen molar-refractivity contribution in [2.75, 3.05) is 5.73 Å². The van der Waals surface area contributed by atoms with Crippen LogP contribution in [-0.4, -0.2) is 17.8 Å². The van der Waals surface area contributed by atoms with Gasteiger partial charge in [0.15, 0.2) is 10.8 Å². The van der Waals surface area contributed by atoms with Crippen LogP contribution in [-0.2, 0) is 16.6 Å². The summed E-state index contributed by atoms with van der Waals surface area (Å²) >= 11 is 1.55. The molecular weight excluding hydrogens is 308 g/mol. The minimum Gasteiger partial charge on any atom is -0.381 e. The van der Waals surface area contributed by atoms with Crippen LogP contribution in [0.15, 0.2) is 41.6 Å². The Morgan fingerprint density at radius 3 is 2.86 bits per heavy atom. The van der Waals surface area contributed by atoms with Crippen molar-refractivity contribution < 1.29 is 8.42 Å². The van der Waals surface area contributed by atoms with Gasteiger partial charge in [0.1, 0.15) is 5.65 Å². The molecule has 21 heavy (non-hydrogen) atoms. The number of thiophene rings is 1. The number of sulfonamides is 1. The predicted molar refractivity (Wildman–Crippen MR) is 82.7 cm³/mol. The fraction of sp³-hybridized carbons (Fsp3) is 0.154. The smallest absolute Gasteiger partial charge is 0.260 e. The minimum atomic E-state index is -3.73. The lowest BCUT2D eigenvalue weighted by Crippen LogP contribution is -2.25.